The van der Waals surface area contributed by atoms with Gasteiger partial charge in [0.15, 0.2) is 5.82 Å². The molecule has 0 spiro atoms. The molecule has 0 aromatic carbocycles. The maximum atomic E-state index is 12.4. The van der Waals surface area contributed by atoms with E-state index >= 15 is 0 Å². The van der Waals surface area contributed by atoms with E-state index in [0.717, 1.165) is 18.3 Å². The third-order valence-corrected chi connectivity index (χ3v) is 2.76. The van der Waals surface area contributed by atoms with Crippen LogP contribution < -0.4 is 5.32 Å². The number of halogens is 3. The fourth-order valence-corrected chi connectivity index (χ4v) is 1.64. The van der Waals surface area contributed by atoms with Crippen LogP contribution in [0.1, 0.15) is 28.8 Å². The standard InChI is InChI=1S/C12H12F3N5O/c1-2-20-7-18-19-10(20)6-17-11(21)8-3-4-9(16-5-8)12(13,14)15/h3-5,7H,2,6H2,1H3,(H,17,21). The van der Waals surface area contributed by atoms with Crippen molar-refractivity contribution in [2.24, 2.45) is 0 Å². The second-order valence-electron chi connectivity index (χ2n) is 4.15. The molecule has 0 aliphatic carbocycles. The van der Waals surface area contributed by atoms with Crippen molar-refractivity contribution in [2.45, 2.75) is 26.2 Å². The zero-order valence-electron chi connectivity index (χ0n) is 11.1. The van der Waals surface area contributed by atoms with E-state index in [-0.39, 0.29) is 12.1 Å². The normalized spacial score (nSPS) is 11.4. The predicted octanol–water partition coefficient (Wildman–Crippen LogP) is 1.64. The van der Waals surface area contributed by atoms with Crippen molar-refractivity contribution in [1.82, 2.24) is 25.1 Å². The maximum Gasteiger partial charge on any atom is 0.433 e. The SMILES string of the molecule is CCn1cnnc1CNC(=O)c1ccc(C(F)(F)F)nc1. The van der Waals surface area contributed by atoms with E-state index in [1.165, 1.54) is 6.33 Å². The van der Waals surface area contributed by atoms with Crippen molar-refractivity contribution in [2.75, 3.05) is 0 Å². The highest BCUT2D eigenvalue weighted by Gasteiger charge is 2.32. The van der Waals surface area contributed by atoms with E-state index in [4.69, 9.17) is 0 Å². The molecule has 2 aromatic rings. The highest BCUT2D eigenvalue weighted by atomic mass is 19.4. The van der Waals surface area contributed by atoms with Gasteiger partial charge in [0.1, 0.15) is 12.0 Å². The topological polar surface area (TPSA) is 72.7 Å². The number of alkyl halides is 3. The number of aromatic nitrogens is 4. The third kappa shape index (κ3) is 3.56. The van der Waals surface area contributed by atoms with Crippen molar-refractivity contribution in [3.05, 3.63) is 41.7 Å². The van der Waals surface area contributed by atoms with Gasteiger partial charge in [0.2, 0.25) is 0 Å². The molecule has 2 aromatic heterocycles. The second kappa shape index (κ2) is 5.90. The molecular weight excluding hydrogens is 287 g/mol. The number of aryl methyl sites for hydroxylation is 1. The summed E-state index contributed by atoms with van der Waals surface area (Å²) < 4.78 is 38.8. The van der Waals surface area contributed by atoms with Crippen LogP contribution in [0.15, 0.2) is 24.7 Å². The van der Waals surface area contributed by atoms with Crippen LogP contribution >= 0.6 is 0 Å². The van der Waals surface area contributed by atoms with Gasteiger partial charge < -0.3 is 9.88 Å². The molecule has 0 aliphatic rings. The van der Waals surface area contributed by atoms with E-state index in [1.54, 1.807) is 4.57 Å². The number of nitrogens with one attached hydrogen (secondary N) is 1. The number of pyridine rings is 1. The van der Waals surface area contributed by atoms with Gasteiger partial charge in [-0.25, -0.2) is 0 Å². The average molecular weight is 299 g/mol. The van der Waals surface area contributed by atoms with Gasteiger partial charge in [-0.05, 0) is 19.1 Å². The molecule has 112 valence electrons. The summed E-state index contributed by atoms with van der Waals surface area (Å²) in [5.74, 6) is 0.0348. The zero-order valence-corrected chi connectivity index (χ0v) is 11.1. The lowest BCUT2D eigenvalue weighted by atomic mass is 10.2. The van der Waals surface area contributed by atoms with Crippen molar-refractivity contribution in [3.63, 3.8) is 0 Å². The first-order chi connectivity index (χ1) is 9.91. The van der Waals surface area contributed by atoms with E-state index in [9.17, 15) is 18.0 Å². The number of hydrogen-bond donors (Lipinski definition) is 1. The summed E-state index contributed by atoms with van der Waals surface area (Å²) in [7, 11) is 0. The van der Waals surface area contributed by atoms with Crippen molar-refractivity contribution in [1.29, 1.82) is 0 Å². The van der Waals surface area contributed by atoms with Crippen LogP contribution in [0.5, 0.6) is 0 Å². The number of hydrogen-bond acceptors (Lipinski definition) is 4. The van der Waals surface area contributed by atoms with E-state index < -0.39 is 17.8 Å². The Morgan fingerprint density at radius 3 is 2.71 bits per heavy atom. The molecule has 9 heteroatoms. The summed E-state index contributed by atoms with van der Waals surface area (Å²) in [6.45, 7) is 2.68. The van der Waals surface area contributed by atoms with Crippen LogP contribution in [0.3, 0.4) is 0 Å². The van der Waals surface area contributed by atoms with E-state index in [0.29, 0.717) is 12.4 Å². The minimum Gasteiger partial charge on any atom is -0.345 e. The van der Waals surface area contributed by atoms with Gasteiger partial charge in [-0.1, -0.05) is 0 Å². The maximum absolute atomic E-state index is 12.4. The monoisotopic (exact) mass is 299 g/mol. The summed E-state index contributed by atoms with van der Waals surface area (Å²) >= 11 is 0. The second-order valence-corrected chi connectivity index (χ2v) is 4.15. The lowest BCUT2D eigenvalue weighted by Crippen LogP contribution is -2.25. The quantitative estimate of drug-likeness (QED) is 0.931. The van der Waals surface area contributed by atoms with Crippen LogP contribution in [0, 0.1) is 0 Å². The van der Waals surface area contributed by atoms with Gasteiger partial charge in [0.25, 0.3) is 5.91 Å². The predicted molar refractivity (Wildman–Crippen MR) is 66.1 cm³/mol. The Bertz CT molecular complexity index is 621. The number of carbonyl (C=O) groups excluding carboxylic acids is 1. The molecule has 0 saturated heterocycles. The van der Waals surface area contributed by atoms with Gasteiger partial charge >= 0.3 is 6.18 Å². The molecule has 1 N–H and O–H groups in total. The lowest BCUT2D eigenvalue weighted by molar-refractivity contribution is -0.141. The molecule has 21 heavy (non-hydrogen) atoms. The molecule has 0 fully saturated rings. The van der Waals surface area contributed by atoms with Crippen LogP contribution in [0.4, 0.5) is 13.2 Å². The van der Waals surface area contributed by atoms with Gasteiger partial charge in [-0.2, -0.15) is 13.2 Å². The van der Waals surface area contributed by atoms with Gasteiger partial charge in [0, 0.05) is 12.7 Å². The fraction of sp³-hybridized carbons (Fsp3) is 0.333. The molecule has 0 bridgehead atoms. The molecular formula is C12H12F3N5O. The highest BCUT2D eigenvalue weighted by Crippen LogP contribution is 2.27. The van der Waals surface area contributed by atoms with Gasteiger partial charge in [0.05, 0.1) is 12.1 Å². The first kappa shape index (κ1) is 14.9. The molecule has 0 unspecified atom stereocenters. The van der Waals surface area contributed by atoms with Crippen molar-refractivity contribution in [3.8, 4) is 0 Å². The minimum atomic E-state index is -4.52. The van der Waals surface area contributed by atoms with E-state index in [1.807, 2.05) is 6.92 Å². The Balaban J connectivity index is 2.01. The Morgan fingerprint density at radius 2 is 2.14 bits per heavy atom. The third-order valence-electron chi connectivity index (χ3n) is 2.76. The minimum absolute atomic E-state index is 0.0468. The Morgan fingerprint density at radius 1 is 1.38 bits per heavy atom. The molecule has 0 saturated carbocycles. The first-order valence-corrected chi connectivity index (χ1v) is 6.10. The summed E-state index contributed by atoms with van der Waals surface area (Å²) in [6, 6.07) is 1.85. The van der Waals surface area contributed by atoms with Gasteiger partial charge in [-0.15, -0.1) is 10.2 Å². The fourth-order valence-electron chi connectivity index (χ4n) is 1.64. The molecule has 2 rings (SSSR count). The highest BCUT2D eigenvalue weighted by molar-refractivity contribution is 5.93. The molecule has 0 aliphatic heterocycles. The van der Waals surface area contributed by atoms with Crippen molar-refractivity contribution < 1.29 is 18.0 Å². The van der Waals surface area contributed by atoms with Crippen LogP contribution in [-0.4, -0.2) is 25.7 Å². The van der Waals surface area contributed by atoms with Crippen molar-refractivity contribution >= 4 is 5.91 Å². The molecule has 1 amide bonds. The lowest BCUT2D eigenvalue weighted by Gasteiger charge is -2.07. The summed E-state index contributed by atoms with van der Waals surface area (Å²) in [5, 5.41) is 10.1. The Labute approximate surface area is 118 Å². The Hall–Kier alpha value is -2.45. The zero-order chi connectivity index (χ0) is 15.5. The smallest absolute Gasteiger partial charge is 0.345 e. The number of rotatable bonds is 4. The van der Waals surface area contributed by atoms with Crippen LogP contribution in [-0.2, 0) is 19.3 Å². The first-order valence-electron chi connectivity index (χ1n) is 6.10. The number of amides is 1. The van der Waals surface area contributed by atoms with Crippen LogP contribution in [0.25, 0.3) is 0 Å². The average Bonchev–Trinajstić information content (AvgIpc) is 2.91. The van der Waals surface area contributed by atoms with Crippen LogP contribution in [0.2, 0.25) is 0 Å². The van der Waals surface area contributed by atoms with E-state index in [2.05, 4.69) is 20.5 Å². The Kier molecular flexibility index (Phi) is 4.20. The molecule has 6 nitrogen and oxygen atoms in total. The van der Waals surface area contributed by atoms with Gasteiger partial charge in [-0.3, -0.25) is 9.78 Å². The summed E-state index contributed by atoms with van der Waals surface area (Å²) in [4.78, 5) is 15.0. The number of carbonyl (C=O) groups is 1. The summed E-state index contributed by atoms with van der Waals surface area (Å²) in [5.41, 5.74) is -0.990. The largest absolute Gasteiger partial charge is 0.433 e. The summed E-state index contributed by atoms with van der Waals surface area (Å²) in [6.07, 6.45) is -2.10. The molecule has 0 radical (unpaired) electrons. The number of nitrogens with zero attached hydrogens (tertiary/aromatic N) is 4. The molecule has 0 atom stereocenters. The molecule has 2 heterocycles.